The third-order valence-corrected chi connectivity index (χ3v) is 5.43. The third-order valence-electron chi connectivity index (χ3n) is 5.43. The molecule has 35 heavy (non-hydrogen) atoms. The molecule has 1 atom stereocenters. The van der Waals surface area contributed by atoms with Gasteiger partial charge in [-0.15, -0.1) is 0 Å². The lowest BCUT2D eigenvalue weighted by atomic mass is 9.99. The zero-order valence-corrected chi connectivity index (χ0v) is 18.3. The van der Waals surface area contributed by atoms with Crippen molar-refractivity contribution in [3.8, 4) is 11.3 Å². The van der Waals surface area contributed by atoms with E-state index in [0.29, 0.717) is 12.1 Å². The number of benzene rings is 2. The second-order valence-corrected chi connectivity index (χ2v) is 8.02. The molecule has 4 aromatic rings. The largest absolute Gasteiger partial charge is 0.433 e. The summed E-state index contributed by atoms with van der Waals surface area (Å²) in [5, 5.41) is 17.8. The molecule has 2 N–H and O–H groups in total. The van der Waals surface area contributed by atoms with Crippen molar-refractivity contribution in [1.29, 1.82) is 0 Å². The first-order valence-corrected chi connectivity index (χ1v) is 10.5. The Balaban J connectivity index is 1.59. The van der Waals surface area contributed by atoms with Crippen molar-refractivity contribution in [3.63, 3.8) is 0 Å². The van der Waals surface area contributed by atoms with Crippen LogP contribution in [0.25, 0.3) is 22.2 Å². The first-order chi connectivity index (χ1) is 16.4. The fraction of sp³-hybridized carbons (Fsp3) is 0.250. The van der Waals surface area contributed by atoms with E-state index in [1.807, 2.05) is 30.3 Å². The van der Waals surface area contributed by atoms with Gasteiger partial charge < -0.3 is 10.4 Å². The summed E-state index contributed by atoms with van der Waals surface area (Å²) in [4.78, 5) is 3.24. The minimum absolute atomic E-state index is 0.194. The van der Waals surface area contributed by atoms with Crippen LogP contribution in [-0.2, 0) is 25.9 Å². The maximum atomic E-state index is 13.4. The molecule has 5 nitrogen and oxygen atoms in total. The standard InChI is InChI=1S/C24H20F6N4O/c1-34-9-8-19(33-34)15-5-2-4-14(10-15)12-31-13-20(35)17-11-21(24(28,29)30)32-22-16(17)6-3-7-18(22)23(25,26)27/h2-11,20,31,35H,12-13H2,1H3. The number of hydrogen-bond donors (Lipinski definition) is 2. The van der Waals surface area contributed by atoms with Gasteiger partial charge >= 0.3 is 12.4 Å². The minimum Gasteiger partial charge on any atom is -0.387 e. The molecule has 0 radical (unpaired) electrons. The Hall–Kier alpha value is -3.44. The van der Waals surface area contributed by atoms with Crippen molar-refractivity contribution in [2.75, 3.05) is 6.54 Å². The summed E-state index contributed by atoms with van der Waals surface area (Å²) < 4.78 is 82.1. The number of aliphatic hydroxyl groups is 1. The molecule has 0 aliphatic carbocycles. The van der Waals surface area contributed by atoms with Gasteiger partial charge in [0.2, 0.25) is 0 Å². The van der Waals surface area contributed by atoms with Gasteiger partial charge in [0.1, 0.15) is 5.69 Å². The summed E-state index contributed by atoms with van der Waals surface area (Å²) >= 11 is 0. The highest BCUT2D eigenvalue weighted by atomic mass is 19.4. The molecular formula is C24H20F6N4O. The molecule has 2 aromatic heterocycles. The lowest BCUT2D eigenvalue weighted by molar-refractivity contribution is -0.142. The second-order valence-electron chi connectivity index (χ2n) is 8.02. The number of alkyl halides is 6. The first-order valence-electron chi connectivity index (χ1n) is 10.5. The van der Waals surface area contributed by atoms with Crippen molar-refractivity contribution in [1.82, 2.24) is 20.1 Å². The third kappa shape index (κ3) is 5.46. The van der Waals surface area contributed by atoms with Crippen LogP contribution < -0.4 is 5.32 Å². The van der Waals surface area contributed by atoms with Crippen molar-refractivity contribution >= 4 is 10.9 Å². The van der Waals surface area contributed by atoms with E-state index >= 15 is 0 Å². The van der Waals surface area contributed by atoms with E-state index in [1.165, 1.54) is 6.07 Å². The molecule has 0 spiro atoms. The Morgan fingerprint density at radius 1 is 0.971 bits per heavy atom. The number of para-hydroxylation sites is 1. The Labute approximate surface area is 196 Å². The molecule has 2 aromatic carbocycles. The van der Waals surface area contributed by atoms with E-state index in [0.717, 1.165) is 22.9 Å². The zero-order chi connectivity index (χ0) is 25.4. The lowest BCUT2D eigenvalue weighted by Crippen LogP contribution is -2.22. The quantitative estimate of drug-likeness (QED) is 0.348. The summed E-state index contributed by atoms with van der Waals surface area (Å²) in [6, 6.07) is 12.8. The predicted octanol–water partition coefficient (Wildman–Crippen LogP) is 5.50. The van der Waals surface area contributed by atoms with E-state index in [9.17, 15) is 31.4 Å². The van der Waals surface area contributed by atoms with E-state index in [2.05, 4.69) is 15.4 Å². The van der Waals surface area contributed by atoms with Crippen LogP contribution in [0, 0.1) is 0 Å². The van der Waals surface area contributed by atoms with Gasteiger partial charge in [0.15, 0.2) is 0 Å². The van der Waals surface area contributed by atoms with Gasteiger partial charge in [0, 0.05) is 37.3 Å². The lowest BCUT2D eigenvalue weighted by Gasteiger charge is -2.19. The van der Waals surface area contributed by atoms with E-state index in [1.54, 1.807) is 17.9 Å². The summed E-state index contributed by atoms with van der Waals surface area (Å²) in [6.07, 6.45) is -9.60. The number of aliphatic hydroxyl groups excluding tert-OH is 1. The number of nitrogens with zero attached hydrogens (tertiary/aromatic N) is 3. The molecule has 11 heteroatoms. The average Bonchev–Trinajstić information content (AvgIpc) is 3.23. The summed E-state index contributed by atoms with van der Waals surface area (Å²) in [7, 11) is 1.79. The second kappa shape index (κ2) is 9.31. The number of aryl methyl sites for hydroxylation is 1. The van der Waals surface area contributed by atoms with Gasteiger partial charge in [-0.3, -0.25) is 4.68 Å². The molecule has 184 valence electrons. The average molecular weight is 494 g/mol. The number of nitrogens with one attached hydrogen (secondary N) is 1. The molecule has 0 amide bonds. The fourth-order valence-corrected chi connectivity index (χ4v) is 3.80. The molecule has 0 saturated carbocycles. The van der Waals surface area contributed by atoms with Crippen LogP contribution in [0.2, 0.25) is 0 Å². The molecule has 0 bridgehead atoms. The van der Waals surface area contributed by atoms with Gasteiger partial charge in [-0.25, -0.2) is 4.98 Å². The van der Waals surface area contributed by atoms with Gasteiger partial charge in [-0.05, 0) is 35.4 Å². The Morgan fingerprint density at radius 3 is 2.37 bits per heavy atom. The first kappa shape index (κ1) is 24.7. The smallest absolute Gasteiger partial charge is 0.387 e. The van der Waals surface area contributed by atoms with Crippen molar-refractivity contribution < 1.29 is 31.4 Å². The van der Waals surface area contributed by atoms with E-state index in [-0.39, 0.29) is 24.0 Å². The van der Waals surface area contributed by atoms with Crippen LogP contribution in [0.15, 0.2) is 60.8 Å². The minimum atomic E-state index is -4.99. The molecular weight excluding hydrogens is 474 g/mol. The highest BCUT2D eigenvalue weighted by Crippen LogP contribution is 2.38. The van der Waals surface area contributed by atoms with Crippen LogP contribution in [0.4, 0.5) is 26.3 Å². The van der Waals surface area contributed by atoms with Crippen LogP contribution in [0.3, 0.4) is 0 Å². The molecule has 0 aliphatic rings. The van der Waals surface area contributed by atoms with Crippen molar-refractivity contribution in [2.24, 2.45) is 7.05 Å². The highest BCUT2D eigenvalue weighted by Gasteiger charge is 2.37. The normalized spacial score (nSPS) is 13.4. The molecule has 4 rings (SSSR count). The van der Waals surface area contributed by atoms with E-state index < -0.39 is 35.2 Å². The molecule has 1 unspecified atom stereocenters. The zero-order valence-electron chi connectivity index (χ0n) is 18.3. The maximum absolute atomic E-state index is 13.4. The molecule has 2 heterocycles. The predicted molar refractivity (Wildman–Crippen MR) is 117 cm³/mol. The van der Waals surface area contributed by atoms with E-state index in [4.69, 9.17) is 0 Å². The number of pyridine rings is 1. The number of fused-ring (bicyclic) bond motifs is 1. The summed E-state index contributed by atoms with van der Waals surface area (Å²) in [5.41, 5.74) is -1.49. The van der Waals surface area contributed by atoms with Gasteiger partial charge in [0.25, 0.3) is 0 Å². The SMILES string of the molecule is Cn1ccc(-c2cccc(CNCC(O)c3cc(C(F)(F)F)nc4c(C(F)(F)F)cccc34)c2)n1. The van der Waals surface area contributed by atoms with Crippen LogP contribution in [0.5, 0.6) is 0 Å². The Kier molecular flexibility index (Phi) is 6.56. The van der Waals surface area contributed by atoms with Crippen LogP contribution >= 0.6 is 0 Å². The fourth-order valence-electron chi connectivity index (χ4n) is 3.80. The monoisotopic (exact) mass is 494 g/mol. The highest BCUT2D eigenvalue weighted by molar-refractivity contribution is 5.86. The van der Waals surface area contributed by atoms with Gasteiger partial charge in [-0.1, -0.05) is 30.3 Å². The number of rotatable bonds is 6. The number of hydrogen-bond acceptors (Lipinski definition) is 4. The molecule has 0 aliphatic heterocycles. The summed E-state index contributed by atoms with van der Waals surface area (Å²) in [5.74, 6) is 0. The number of halogens is 6. The summed E-state index contributed by atoms with van der Waals surface area (Å²) in [6.45, 7) is 0.0706. The van der Waals surface area contributed by atoms with Crippen LogP contribution in [-0.4, -0.2) is 26.4 Å². The molecule has 0 fully saturated rings. The molecule has 0 saturated heterocycles. The Morgan fingerprint density at radius 2 is 1.71 bits per heavy atom. The van der Waals surface area contributed by atoms with Gasteiger partial charge in [-0.2, -0.15) is 31.4 Å². The number of aromatic nitrogens is 3. The topological polar surface area (TPSA) is 63.0 Å². The maximum Gasteiger partial charge on any atom is 0.433 e. The van der Waals surface area contributed by atoms with Crippen LogP contribution in [0.1, 0.15) is 28.5 Å². The van der Waals surface area contributed by atoms with Crippen molar-refractivity contribution in [2.45, 2.75) is 25.0 Å². The van der Waals surface area contributed by atoms with Gasteiger partial charge in [0.05, 0.1) is 22.9 Å². The Bertz CT molecular complexity index is 1350. The van der Waals surface area contributed by atoms with Crippen molar-refractivity contribution in [3.05, 3.63) is 83.2 Å².